The van der Waals surface area contributed by atoms with Crippen molar-refractivity contribution in [2.75, 3.05) is 6.26 Å². The summed E-state index contributed by atoms with van der Waals surface area (Å²) in [7, 11) is -3.51. The monoisotopic (exact) mass is 330 g/mol. The van der Waals surface area contributed by atoms with E-state index in [4.69, 9.17) is 0 Å². The number of para-hydroxylation sites is 1. The van der Waals surface area contributed by atoms with Crippen LogP contribution in [0.25, 0.3) is 0 Å². The Morgan fingerprint density at radius 2 is 1.78 bits per heavy atom. The molecule has 0 spiro atoms. The van der Waals surface area contributed by atoms with E-state index in [0.717, 1.165) is 21.8 Å². The summed E-state index contributed by atoms with van der Waals surface area (Å²) in [5.74, 6) is 0.102. The van der Waals surface area contributed by atoms with Crippen LogP contribution in [0.1, 0.15) is 29.2 Å². The molecule has 0 amide bonds. The minimum absolute atomic E-state index is 0.102. The van der Waals surface area contributed by atoms with Gasteiger partial charge in [0.1, 0.15) is 5.75 Å². The van der Waals surface area contributed by atoms with Crippen LogP contribution in [0.5, 0.6) is 5.75 Å². The summed E-state index contributed by atoms with van der Waals surface area (Å²) < 4.78 is 25.4. The lowest BCUT2D eigenvalue weighted by Crippen LogP contribution is -2.26. The summed E-state index contributed by atoms with van der Waals surface area (Å²) >= 11 is 0. The number of rotatable bonds is 3. The molecule has 6 heteroatoms. The highest BCUT2D eigenvalue weighted by molar-refractivity contribution is 7.88. The summed E-state index contributed by atoms with van der Waals surface area (Å²) in [4.78, 5) is 0. The highest BCUT2D eigenvalue weighted by atomic mass is 32.2. The van der Waals surface area contributed by atoms with Crippen molar-refractivity contribution in [1.82, 2.24) is 4.41 Å². The molecule has 0 aliphatic carbocycles. The van der Waals surface area contributed by atoms with Crippen LogP contribution in [-0.2, 0) is 10.0 Å². The number of hydrazone groups is 1. The molecule has 0 saturated carbocycles. The zero-order chi connectivity index (χ0) is 16.6. The lowest BCUT2D eigenvalue weighted by Gasteiger charge is -2.22. The maximum Gasteiger partial charge on any atom is 0.247 e. The predicted molar refractivity (Wildman–Crippen MR) is 89.9 cm³/mol. The van der Waals surface area contributed by atoms with Gasteiger partial charge in [-0.25, -0.2) is 8.42 Å². The Kier molecular flexibility index (Phi) is 3.85. The Morgan fingerprint density at radius 3 is 2.43 bits per heavy atom. The molecule has 0 fully saturated rings. The van der Waals surface area contributed by atoms with Crippen molar-refractivity contribution in [1.29, 1.82) is 0 Å². The van der Waals surface area contributed by atoms with E-state index < -0.39 is 10.0 Å². The maximum absolute atomic E-state index is 12.1. The zero-order valence-corrected chi connectivity index (χ0v) is 13.8. The van der Waals surface area contributed by atoms with E-state index in [0.29, 0.717) is 17.7 Å². The average Bonchev–Trinajstić information content (AvgIpc) is 2.93. The Bertz CT molecular complexity index is 875. The van der Waals surface area contributed by atoms with Gasteiger partial charge in [-0.05, 0) is 30.2 Å². The predicted octanol–water partition coefficient (Wildman–Crippen LogP) is 2.81. The van der Waals surface area contributed by atoms with Crippen LogP contribution < -0.4 is 0 Å². The Labute approximate surface area is 135 Å². The van der Waals surface area contributed by atoms with Gasteiger partial charge in [0.25, 0.3) is 0 Å². The molecule has 1 heterocycles. The van der Waals surface area contributed by atoms with Gasteiger partial charge in [-0.15, -0.1) is 0 Å². The number of hydrogen-bond donors (Lipinski definition) is 1. The number of phenolic OH excluding ortho intramolecular Hbond substituents is 1. The third-order valence-corrected chi connectivity index (χ3v) is 4.99. The van der Waals surface area contributed by atoms with Gasteiger partial charge >= 0.3 is 0 Å². The molecular weight excluding hydrogens is 312 g/mol. The number of sulfonamides is 1. The number of phenols is 1. The second-order valence-electron chi connectivity index (χ2n) is 5.68. The van der Waals surface area contributed by atoms with E-state index in [2.05, 4.69) is 5.10 Å². The molecule has 2 aromatic rings. The largest absolute Gasteiger partial charge is 0.507 e. The maximum atomic E-state index is 12.1. The molecule has 1 N–H and O–H groups in total. The number of nitrogens with zero attached hydrogens (tertiary/aromatic N) is 2. The summed E-state index contributed by atoms with van der Waals surface area (Å²) in [5, 5.41) is 14.3. The van der Waals surface area contributed by atoms with Gasteiger partial charge in [0, 0.05) is 12.0 Å². The Morgan fingerprint density at radius 1 is 1.13 bits per heavy atom. The average molecular weight is 330 g/mol. The van der Waals surface area contributed by atoms with Crippen molar-refractivity contribution >= 4 is 15.7 Å². The molecule has 2 aromatic carbocycles. The van der Waals surface area contributed by atoms with Crippen molar-refractivity contribution in [3.63, 3.8) is 0 Å². The number of aryl methyl sites for hydroxylation is 1. The van der Waals surface area contributed by atoms with Crippen LogP contribution >= 0.6 is 0 Å². The number of hydrogen-bond acceptors (Lipinski definition) is 4. The van der Waals surface area contributed by atoms with E-state index in [1.165, 1.54) is 0 Å². The van der Waals surface area contributed by atoms with Crippen LogP contribution in [0.15, 0.2) is 53.6 Å². The standard InChI is InChI=1S/C17H18N2O3S/c1-12-7-3-4-8-13(12)16-11-15(18-19(16)23(2,21)22)14-9-5-6-10-17(14)20/h3-10,16,20H,11H2,1-2H3/t16-/m1/s1. The molecule has 0 unspecified atom stereocenters. The van der Waals surface area contributed by atoms with Crippen molar-refractivity contribution in [2.24, 2.45) is 5.10 Å². The molecule has 0 aromatic heterocycles. The first kappa shape index (κ1) is 15.6. The summed E-state index contributed by atoms with van der Waals surface area (Å²) in [5.41, 5.74) is 3.07. The van der Waals surface area contributed by atoms with Crippen molar-refractivity contribution < 1.29 is 13.5 Å². The number of benzene rings is 2. The normalized spacial score (nSPS) is 18.1. The van der Waals surface area contributed by atoms with Gasteiger partial charge in [-0.1, -0.05) is 36.4 Å². The van der Waals surface area contributed by atoms with Crippen molar-refractivity contribution in [2.45, 2.75) is 19.4 Å². The molecule has 5 nitrogen and oxygen atoms in total. The van der Waals surface area contributed by atoms with E-state index in [-0.39, 0.29) is 11.8 Å². The van der Waals surface area contributed by atoms with E-state index >= 15 is 0 Å². The fourth-order valence-electron chi connectivity index (χ4n) is 2.87. The molecular formula is C17H18N2O3S. The van der Waals surface area contributed by atoms with E-state index in [1.54, 1.807) is 24.3 Å². The number of aromatic hydroxyl groups is 1. The first-order valence-corrected chi connectivity index (χ1v) is 9.13. The fraction of sp³-hybridized carbons (Fsp3) is 0.235. The molecule has 1 aliphatic rings. The minimum Gasteiger partial charge on any atom is -0.507 e. The minimum atomic E-state index is -3.51. The van der Waals surface area contributed by atoms with Crippen LogP contribution in [0.4, 0.5) is 0 Å². The third-order valence-electron chi connectivity index (χ3n) is 3.97. The second kappa shape index (κ2) is 5.70. The zero-order valence-electron chi connectivity index (χ0n) is 13.0. The van der Waals surface area contributed by atoms with Crippen LogP contribution in [-0.4, -0.2) is 29.9 Å². The molecule has 23 heavy (non-hydrogen) atoms. The molecule has 0 saturated heterocycles. The lowest BCUT2D eigenvalue weighted by molar-refractivity contribution is 0.374. The fourth-order valence-corrected chi connectivity index (χ4v) is 3.76. The molecule has 0 bridgehead atoms. The van der Waals surface area contributed by atoms with Gasteiger partial charge in [0.05, 0.1) is 18.0 Å². The molecule has 1 aliphatic heterocycles. The lowest BCUT2D eigenvalue weighted by atomic mass is 9.96. The van der Waals surface area contributed by atoms with Crippen LogP contribution in [0.3, 0.4) is 0 Å². The smallest absolute Gasteiger partial charge is 0.247 e. The molecule has 120 valence electrons. The van der Waals surface area contributed by atoms with E-state index in [9.17, 15) is 13.5 Å². The third kappa shape index (κ3) is 2.94. The van der Waals surface area contributed by atoms with Gasteiger partial charge in [0.2, 0.25) is 10.0 Å². The highest BCUT2D eigenvalue weighted by Gasteiger charge is 2.35. The van der Waals surface area contributed by atoms with Gasteiger partial charge in [-0.2, -0.15) is 9.52 Å². The Balaban J connectivity index is 2.07. The summed E-state index contributed by atoms with van der Waals surface area (Å²) in [6, 6.07) is 14.1. The van der Waals surface area contributed by atoms with E-state index in [1.807, 2.05) is 31.2 Å². The SMILES string of the molecule is Cc1ccccc1[C@H]1CC(c2ccccc2O)=NN1S(C)(=O)=O. The molecule has 1 atom stereocenters. The first-order valence-electron chi connectivity index (χ1n) is 7.28. The molecule has 0 radical (unpaired) electrons. The summed E-state index contributed by atoms with van der Waals surface area (Å²) in [6.45, 7) is 1.95. The topological polar surface area (TPSA) is 70.0 Å². The second-order valence-corrected chi connectivity index (χ2v) is 7.52. The summed E-state index contributed by atoms with van der Waals surface area (Å²) in [6.07, 6.45) is 1.57. The van der Waals surface area contributed by atoms with Gasteiger partial charge in [-0.3, -0.25) is 0 Å². The first-order chi connectivity index (χ1) is 10.9. The Hall–Kier alpha value is -2.34. The molecule has 3 rings (SSSR count). The van der Waals surface area contributed by atoms with Crippen molar-refractivity contribution in [3.8, 4) is 5.75 Å². The highest BCUT2D eigenvalue weighted by Crippen LogP contribution is 2.37. The van der Waals surface area contributed by atoms with Crippen LogP contribution in [0, 0.1) is 6.92 Å². The van der Waals surface area contributed by atoms with Gasteiger partial charge < -0.3 is 5.11 Å². The quantitative estimate of drug-likeness (QED) is 0.941. The van der Waals surface area contributed by atoms with Crippen molar-refractivity contribution in [3.05, 3.63) is 65.2 Å². The van der Waals surface area contributed by atoms with Gasteiger partial charge in [0.15, 0.2) is 0 Å². The van der Waals surface area contributed by atoms with Crippen LogP contribution in [0.2, 0.25) is 0 Å².